The third kappa shape index (κ3) is 2.22. The molecule has 1 fully saturated rings. The first kappa shape index (κ1) is 12.6. The van der Waals surface area contributed by atoms with Crippen molar-refractivity contribution in [2.75, 3.05) is 13.7 Å². The zero-order valence-electron chi connectivity index (χ0n) is 10.5. The Balaban J connectivity index is 2.15. The monoisotopic (exact) mass is 248 g/mol. The molecule has 1 aromatic carbocycles. The highest BCUT2D eigenvalue weighted by atomic mass is 16.5. The summed E-state index contributed by atoms with van der Waals surface area (Å²) in [6, 6.07) is 9.04. The Morgan fingerprint density at radius 3 is 2.56 bits per heavy atom. The predicted octanol–water partition coefficient (Wildman–Crippen LogP) is 1.14. The van der Waals surface area contributed by atoms with Crippen LogP contribution < -0.4 is 5.32 Å². The van der Waals surface area contributed by atoms with Crippen molar-refractivity contribution >= 4 is 11.9 Å². The second-order valence-corrected chi connectivity index (χ2v) is 4.57. The van der Waals surface area contributed by atoms with E-state index in [9.17, 15) is 9.59 Å². The van der Waals surface area contributed by atoms with Gasteiger partial charge in [0.05, 0.1) is 13.2 Å². The quantitative estimate of drug-likeness (QED) is 0.813. The minimum atomic E-state index is -0.958. The molecular weight excluding hydrogens is 232 g/mol. The van der Waals surface area contributed by atoms with Gasteiger partial charge < -0.3 is 10.1 Å². The maximum atomic E-state index is 12.2. The van der Waals surface area contributed by atoms with Crippen molar-refractivity contribution in [1.29, 1.82) is 0 Å². The molecule has 1 aliphatic rings. The summed E-state index contributed by atoms with van der Waals surface area (Å²) in [5.41, 5.74) is -0.0386. The van der Waals surface area contributed by atoms with E-state index in [1.54, 1.807) is 6.92 Å². The van der Waals surface area contributed by atoms with Gasteiger partial charge in [-0.25, -0.2) is 4.79 Å². The SMILES string of the molecule is COC[C@]1(C)NC(=O)N(Cc2ccccc2)C1=O. The molecule has 0 bridgehead atoms. The number of rotatable bonds is 4. The number of methoxy groups -OCH3 is 1. The fourth-order valence-electron chi connectivity index (χ4n) is 2.04. The van der Waals surface area contributed by atoms with Gasteiger partial charge in [0, 0.05) is 7.11 Å². The lowest BCUT2D eigenvalue weighted by Gasteiger charge is -2.20. The molecule has 1 N–H and O–H groups in total. The molecule has 1 saturated heterocycles. The van der Waals surface area contributed by atoms with Gasteiger partial charge in [0.15, 0.2) is 0 Å². The lowest BCUT2D eigenvalue weighted by Crippen LogP contribution is -2.47. The third-order valence-corrected chi connectivity index (χ3v) is 2.96. The highest BCUT2D eigenvalue weighted by Gasteiger charge is 2.47. The van der Waals surface area contributed by atoms with E-state index in [-0.39, 0.29) is 25.1 Å². The Bertz CT molecular complexity index is 461. The van der Waals surface area contributed by atoms with Crippen molar-refractivity contribution in [2.45, 2.75) is 19.0 Å². The second kappa shape index (κ2) is 4.78. The third-order valence-electron chi connectivity index (χ3n) is 2.96. The van der Waals surface area contributed by atoms with E-state index < -0.39 is 5.54 Å². The first-order chi connectivity index (χ1) is 8.57. The smallest absolute Gasteiger partial charge is 0.325 e. The Morgan fingerprint density at radius 1 is 1.28 bits per heavy atom. The van der Waals surface area contributed by atoms with Crippen LogP contribution in [-0.2, 0) is 16.1 Å². The normalized spacial score (nSPS) is 23.3. The van der Waals surface area contributed by atoms with Crippen LogP contribution >= 0.6 is 0 Å². The summed E-state index contributed by atoms with van der Waals surface area (Å²) in [6.07, 6.45) is 0. The summed E-state index contributed by atoms with van der Waals surface area (Å²) in [7, 11) is 1.50. The maximum Gasteiger partial charge on any atom is 0.325 e. The molecule has 0 aliphatic carbocycles. The molecule has 0 unspecified atom stereocenters. The molecule has 1 heterocycles. The number of amides is 3. The average Bonchev–Trinajstić information content (AvgIpc) is 2.55. The zero-order chi connectivity index (χ0) is 13.2. The number of hydrogen-bond acceptors (Lipinski definition) is 3. The molecule has 5 nitrogen and oxygen atoms in total. The molecule has 0 radical (unpaired) electrons. The summed E-state index contributed by atoms with van der Waals surface area (Å²) < 4.78 is 4.98. The number of nitrogens with zero attached hydrogens (tertiary/aromatic N) is 1. The molecule has 2 rings (SSSR count). The van der Waals surface area contributed by atoms with Crippen molar-refractivity contribution in [3.63, 3.8) is 0 Å². The minimum absolute atomic E-state index is 0.170. The molecule has 1 aliphatic heterocycles. The van der Waals surface area contributed by atoms with Gasteiger partial charge in [-0.3, -0.25) is 9.69 Å². The maximum absolute atomic E-state index is 12.2. The van der Waals surface area contributed by atoms with Crippen LogP contribution in [0.1, 0.15) is 12.5 Å². The van der Waals surface area contributed by atoms with Crippen molar-refractivity contribution in [3.8, 4) is 0 Å². The number of imide groups is 1. The largest absolute Gasteiger partial charge is 0.382 e. The summed E-state index contributed by atoms with van der Waals surface area (Å²) in [6.45, 7) is 2.12. The van der Waals surface area contributed by atoms with E-state index in [0.717, 1.165) is 5.56 Å². The molecule has 3 amide bonds. The highest BCUT2D eigenvalue weighted by molar-refractivity contribution is 6.06. The van der Waals surface area contributed by atoms with E-state index in [2.05, 4.69) is 5.32 Å². The van der Waals surface area contributed by atoms with Gasteiger partial charge in [0.25, 0.3) is 5.91 Å². The van der Waals surface area contributed by atoms with E-state index >= 15 is 0 Å². The van der Waals surface area contributed by atoms with Crippen LogP contribution in [0.2, 0.25) is 0 Å². The topological polar surface area (TPSA) is 58.6 Å². The van der Waals surface area contributed by atoms with Gasteiger partial charge in [-0.05, 0) is 12.5 Å². The number of hydrogen-bond donors (Lipinski definition) is 1. The van der Waals surface area contributed by atoms with E-state index in [4.69, 9.17) is 4.74 Å². The number of benzene rings is 1. The van der Waals surface area contributed by atoms with Crippen molar-refractivity contribution in [3.05, 3.63) is 35.9 Å². The standard InChI is InChI=1S/C13H16N2O3/c1-13(9-18-2)11(16)15(12(17)14-13)8-10-6-4-3-5-7-10/h3-7H,8-9H2,1-2H3,(H,14,17)/t13-/m0/s1. The lowest BCUT2D eigenvalue weighted by atomic mass is 10.0. The summed E-state index contributed by atoms with van der Waals surface area (Å²) in [5, 5.41) is 2.66. The van der Waals surface area contributed by atoms with E-state index in [1.165, 1.54) is 12.0 Å². The number of nitrogens with one attached hydrogen (secondary N) is 1. The van der Waals surface area contributed by atoms with Gasteiger partial charge >= 0.3 is 6.03 Å². The average molecular weight is 248 g/mol. The summed E-state index contributed by atoms with van der Waals surface area (Å²) in [4.78, 5) is 25.2. The van der Waals surface area contributed by atoms with Crippen LogP contribution in [0.3, 0.4) is 0 Å². The number of carbonyl (C=O) groups is 2. The van der Waals surface area contributed by atoms with Gasteiger partial charge in [-0.2, -0.15) is 0 Å². The minimum Gasteiger partial charge on any atom is -0.382 e. The Kier molecular flexibility index (Phi) is 3.34. The lowest BCUT2D eigenvalue weighted by molar-refractivity contribution is -0.132. The molecule has 1 aromatic rings. The van der Waals surface area contributed by atoms with Gasteiger partial charge in [-0.1, -0.05) is 30.3 Å². The summed E-state index contributed by atoms with van der Waals surface area (Å²) >= 11 is 0. The fourth-order valence-corrected chi connectivity index (χ4v) is 2.04. The Labute approximate surface area is 106 Å². The summed E-state index contributed by atoms with van der Waals surface area (Å²) in [5.74, 6) is -0.252. The van der Waals surface area contributed by atoms with Crippen LogP contribution in [-0.4, -0.2) is 36.1 Å². The van der Waals surface area contributed by atoms with Gasteiger partial charge in [-0.15, -0.1) is 0 Å². The molecular formula is C13H16N2O3. The van der Waals surface area contributed by atoms with E-state index in [1.807, 2.05) is 30.3 Å². The highest BCUT2D eigenvalue weighted by Crippen LogP contribution is 2.20. The molecule has 0 aromatic heterocycles. The van der Waals surface area contributed by atoms with Crippen molar-refractivity contribution in [2.24, 2.45) is 0 Å². The van der Waals surface area contributed by atoms with Crippen LogP contribution in [0.25, 0.3) is 0 Å². The molecule has 0 saturated carbocycles. The first-order valence-corrected chi connectivity index (χ1v) is 5.74. The first-order valence-electron chi connectivity index (χ1n) is 5.74. The zero-order valence-corrected chi connectivity index (χ0v) is 10.5. The molecule has 18 heavy (non-hydrogen) atoms. The number of carbonyl (C=O) groups excluding carboxylic acids is 2. The molecule has 1 atom stereocenters. The number of urea groups is 1. The van der Waals surface area contributed by atoms with Crippen molar-refractivity contribution < 1.29 is 14.3 Å². The molecule has 0 spiro atoms. The molecule has 5 heteroatoms. The van der Waals surface area contributed by atoms with Crippen LogP contribution in [0, 0.1) is 0 Å². The predicted molar refractivity (Wildman–Crippen MR) is 65.8 cm³/mol. The van der Waals surface area contributed by atoms with Gasteiger partial charge in [0.1, 0.15) is 5.54 Å². The number of ether oxygens (including phenoxy) is 1. The van der Waals surface area contributed by atoms with E-state index in [0.29, 0.717) is 0 Å². The van der Waals surface area contributed by atoms with Crippen LogP contribution in [0.15, 0.2) is 30.3 Å². The Hall–Kier alpha value is -1.88. The van der Waals surface area contributed by atoms with Gasteiger partial charge in [0.2, 0.25) is 0 Å². The second-order valence-electron chi connectivity index (χ2n) is 4.57. The fraction of sp³-hybridized carbons (Fsp3) is 0.385. The van der Waals surface area contributed by atoms with Crippen molar-refractivity contribution in [1.82, 2.24) is 10.2 Å². The van der Waals surface area contributed by atoms with Crippen LogP contribution in [0.5, 0.6) is 0 Å². The molecule has 96 valence electrons. The Morgan fingerprint density at radius 2 is 1.94 bits per heavy atom. The van der Waals surface area contributed by atoms with Crippen LogP contribution in [0.4, 0.5) is 4.79 Å².